The standard InChI is InChI=1S/C16H20BrN3O2S/c1-10-15(11(2)19-18-10)23(21,22)20-12(3)16(8-9-16)13-4-6-14(17)7-5-13/h4-7,12,20H,8-9H2,1-3H3,(H,18,19). The molecule has 0 spiro atoms. The Hall–Kier alpha value is -1.18. The lowest BCUT2D eigenvalue weighted by Gasteiger charge is -2.25. The molecule has 0 radical (unpaired) electrons. The molecule has 23 heavy (non-hydrogen) atoms. The van der Waals surface area contributed by atoms with Crippen LogP contribution in [0.2, 0.25) is 0 Å². The van der Waals surface area contributed by atoms with E-state index in [-0.39, 0.29) is 16.4 Å². The van der Waals surface area contributed by atoms with E-state index in [1.807, 2.05) is 19.1 Å². The molecule has 1 heterocycles. The lowest BCUT2D eigenvalue weighted by atomic mass is 9.90. The van der Waals surface area contributed by atoms with Gasteiger partial charge in [-0.2, -0.15) is 5.10 Å². The summed E-state index contributed by atoms with van der Waals surface area (Å²) >= 11 is 3.44. The molecular weight excluding hydrogens is 378 g/mol. The van der Waals surface area contributed by atoms with Crippen LogP contribution in [0.3, 0.4) is 0 Å². The molecule has 1 aromatic carbocycles. The lowest BCUT2D eigenvalue weighted by Crippen LogP contribution is -2.41. The Morgan fingerprint density at radius 3 is 2.35 bits per heavy atom. The molecule has 1 aliphatic carbocycles. The fourth-order valence-electron chi connectivity index (χ4n) is 3.23. The van der Waals surface area contributed by atoms with Crippen molar-refractivity contribution in [1.29, 1.82) is 0 Å². The van der Waals surface area contributed by atoms with Gasteiger partial charge in [0.05, 0.1) is 11.4 Å². The second-order valence-electron chi connectivity index (χ2n) is 6.27. The first-order valence-electron chi connectivity index (χ1n) is 7.56. The largest absolute Gasteiger partial charge is 0.281 e. The van der Waals surface area contributed by atoms with E-state index in [9.17, 15) is 8.42 Å². The minimum Gasteiger partial charge on any atom is -0.281 e. The summed E-state index contributed by atoms with van der Waals surface area (Å²) in [5.41, 5.74) is 2.13. The molecule has 0 aliphatic heterocycles. The topological polar surface area (TPSA) is 74.8 Å². The summed E-state index contributed by atoms with van der Waals surface area (Å²) in [5, 5.41) is 6.72. The Morgan fingerprint density at radius 1 is 1.26 bits per heavy atom. The number of aromatic amines is 1. The van der Waals surface area contributed by atoms with E-state index >= 15 is 0 Å². The first-order valence-corrected chi connectivity index (χ1v) is 9.84. The second kappa shape index (κ2) is 5.72. The number of nitrogens with zero attached hydrogens (tertiary/aromatic N) is 1. The molecule has 3 rings (SSSR count). The van der Waals surface area contributed by atoms with Crippen molar-refractivity contribution in [3.63, 3.8) is 0 Å². The van der Waals surface area contributed by atoms with E-state index in [1.165, 1.54) is 5.56 Å². The summed E-state index contributed by atoms with van der Waals surface area (Å²) in [7, 11) is -3.59. The number of aromatic nitrogens is 2. The van der Waals surface area contributed by atoms with Gasteiger partial charge in [0.2, 0.25) is 10.0 Å². The van der Waals surface area contributed by atoms with Crippen molar-refractivity contribution in [3.05, 3.63) is 45.7 Å². The minimum absolute atomic E-state index is 0.112. The maximum Gasteiger partial charge on any atom is 0.244 e. The highest BCUT2D eigenvalue weighted by Gasteiger charge is 2.50. The van der Waals surface area contributed by atoms with Crippen LogP contribution in [0.15, 0.2) is 33.6 Å². The van der Waals surface area contributed by atoms with Gasteiger partial charge in [-0.25, -0.2) is 13.1 Å². The van der Waals surface area contributed by atoms with Gasteiger partial charge in [-0.15, -0.1) is 0 Å². The average molecular weight is 398 g/mol. The predicted molar refractivity (Wildman–Crippen MR) is 92.9 cm³/mol. The van der Waals surface area contributed by atoms with Crippen LogP contribution in [-0.4, -0.2) is 24.7 Å². The molecule has 2 N–H and O–H groups in total. The maximum atomic E-state index is 12.7. The molecule has 0 saturated heterocycles. The number of sulfonamides is 1. The van der Waals surface area contributed by atoms with Gasteiger partial charge < -0.3 is 0 Å². The average Bonchev–Trinajstić information content (AvgIpc) is 3.20. The van der Waals surface area contributed by atoms with Crippen molar-refractivity contribution >= 4 is 26.0 Å². The Kier molecular flexibility index (Phi) is 4.14. The second-order valence-corrected chi connectivity index (χ2v) is 8.84. The van der Waals surface area contributed by atoms with Crippen molar-refractivity contribution in [1.82, 2.24) is 14.9 Å². The van der Waals surface area contributed by atoms with Gasteiger partial charge in [0.15, 0.2) is 0 Å². The molecule has 1 saturated carbocycles. The van der Waals surface area contributed by atoms with Crippen LogP contribution in [-0.2, 0) is 15.4 Å². The zero-order valence-corrected chi connectivity index (χ0v) is 15.8. The van der Waals surface area contributed by atoms with E-state index in [0.717, 1.165) is 17.3 Å². The van der Waals surface area contributed by atoms with Gasteiger partial charge in [0, 0.05) is 15.9 Å². The Bertz CT molecular complexity index is 804. The first-order chi connectivity index (χ1) is 10.8. The molecule has 1 aromatic heterocycles. The highest BCUT2D eigenvalue weighted by molar-refractivity contribution is 9.10. The van der Waals surface area contributed by atoms with E-state index in [2.05, 4.69) is 43.0 Å². The number of benzene rings is 1. The van der Waals surface area contributed by atoms with Crippen LogP contribution >= 0.6 is 15.9 Å². The van der Waals surface area contributed by atoms with Gasteiger partial charge >= 0.3 is 0 Å². The van der Waals surface area contributed by atoms with Crippen LogP contribution in [0.25, 0.3) is 0 Å². The van der Waals surface area contributed by atoms with Gasteiger partial charge in [0.25, 0.3) is 0 Å². The molecule has 2 aromatic rings. The van der Waals surface area contributed by atoms with Gasteiger partial charge in [-0.05, 0) is 51.3 Å². The number of H-pyrrole nitrogens is 1. The minimum atomic E-state index is -3.59. The van der Waals surface area contributed by atoms with Crippen molar-refractivity contribution in [2.75, 3.05) is 0 Å². The fourth-order valence-corrected chi connectivity index (χ4v) is 5.19. The number of halogens is 1. The lowest BCUT2D eigenvalue weighted by molar-refractivity contribution is 0.494. The van der Waals surface area contributed by atoms with Crippen molar-refractivity contribution in [3.8, 4) is 0 Å². The molecule has 124 valence electrons. The maximum absolute atomic E-state index is 12.7. The number of rotatable bonds is 5. The van der Waals surface area contributed by atoms with E-state index in [0.29, 0.717) is 11.4 Å². The summed E-state index contributed by atoms with van der Waals surface area (Å²) in [5.74, 6) is 0. The Morgan fingerprint density at radius 2 is 1.87 bits per heavy atom. The summed E-state index contributed by atoms with van der Waals surface area (Å²) < 4.78 is 29.3. The normalized spacial score (nSPS) is 17.9. The van der Waals surface area contributed by atoms with Crippen molar-refractivity contribution in [2.45, 2.75) is 50.0 Å². The highest BCUT2D eigenvalue weighted by Crippen LogP contribution is 2.51. The quantitative estimate of drug-likeness (QED) is 0.813. The molecule has 1 atom stereocenters. The monoisotopic (exact) mass is 397 g/mol. The summed E-state index contributed by atoms with van der Waals surface area (Å²) in [6, 6.07) is 7.96. The van der Waals surface area contributed by atoms with Gasteiger partial charge in [-0.1, -0.05) is 28.1 Å². The molecule has 1 unspecified atom stereocenters. The first kappa shape index (κ1) is 16.7. The Balaban J connectivity index is 1.87. The van der Waals surface area contributed by atoms with Crippen molar-refractivity contribution in [2.24, 2.45) is 0 Å². The predicted octanol–water partition coefficient (Wildman–Crippen LogP) is 3.19. The number of hydrogen-bond donors (Lipinski definition) is 2. The summed E-state index contributed by atoms with van der Waals surface area (Å²) in [6.07, 6.45) is 1.98. The number of hydrogen-bond acceptors (Lipinski definition) is 3. The fraction of sp³-hybridized carbons (Fsp3) is 0.438. The third-order valence-corrected chi connectivity index (χ3v) is 7.03. The number of aryl methyl sites for hydroxylation is 2. The highest BCUT2D eigenvalue weighted by atomic mass is 79.9. The van der Waals surface area contributed by atoms with Gasteiger partial charge in [-0.3, -0.25) is 5.10 Å². The van der Waals surface area contributed by atoms with Gasteiger partial charge in [0.1, 0.15) is 4.90 Å². The third kappa shape index (κ3) is 2.97. The molecule has 7 heteroatoms. The summed E-state index contributed by atoms with van der Waals surface area (Å²) in [6.45, 7) is 5.36. The van der Waals surface area contributed by atoms with E-state index in [4.69, 9.17) is 0 Å². The molecule has 1 fully saturated rings. The van der Waals surface area contributed by atoms with E-state index in [1.54, 1.807) is 13.8 Å². The molecule has 0 amide bonds. The summed E-state index contributed by atoms with van der Waals surface area (Å²) in [4.78, 5) is 0.260. The zero-order valence-electron chi connectivity index (χ0n) is 13.4. The third-order valence-electron chi connectivity index (χ3n) is 4.70. The molecule has 0 bridgehead atoms. The van der Waals surface area contributed by atoms with Crippen LogP contribution in [0.4, 0.5) is 0 Å². The van der Waals surface area contributed by atoms with Crippen LogP contribution in [0.5, 0.6) is 0 Å². The molecule has 5 nitrogen and oxygen atoms in total. The van der Waals surface area contributed by atoms with Crippen LogP contribution in [0, 0.1) is 13.8 Å². The van der Waals surface area contributed by atoms with Crippen molar-refractivity contribution < 1.29 is 8.42 Å². The SMILES string of the molecule is Cc1n[nH]c(C)c1S(=O)(=O)NC(C)C1(c2ccc(Br)cc2)CC1. The smallest absolute Gasteiger partial charge is 0.244 e. The van der Waals surface area contributed by atoms with E-state index < -0.39 is 10.0 Å². The van der Waals surface area contributed by atoms with Crippen LogP contribution in [0.1, 0.15) is 36.7 Å². The zero-order chi connectivity index (χ0) is 16.8. The van der Waals surface area contributed by atoms with Crippen LogP contribution < -0.4 is 4.72 Å². The molecular formula is C16H20BrN3O2S. The molecule has 1 aliphatic rings. The number of nitrogens with one attached hydrogen (secondary N) is 2. The Labute approximate surface area is 145 Å².